The Morgan fingerprint density at radius 1 is 0.250 bits per heavy atom. The molecule has 0 radical (unpaired) electrons. The minimum absolute atomic E-state index is 1.33. The van der Waals surface area contributed by atoms with Gasteiger partial charge in [-0.1, -0.05) is 45.4 Å². The van der Waals surface area contributed by atoms with Crippen molar-refractivity contribution in [2.45, 2.75) is 246 Å². The molecule has 0 bridgehead atoms. The zero-order valence-electron chi connectivity index (χ0n) is 31.9. The molecular formula is C42H90NP. The summed E-state index contributed by atoms with van der Waals surface area (Å²) in [6.45, 7) is 10.7. The van der Waals surface area contributed by atoms with Crippen molar-refractivity contribution in [3.63, 3.8) is 0 Å². The van der Waals surface area contributed by atoms with Gasteiger partial charge in [0.1, 0.15) is 0 Å². The first-order chi connectivity index (χ1) is 21.7. The molecule has 0 saturated heterocycles. The summed E-state index contributed by atoms with van der Waals surface area (Å²) in [5.74, 6) is 0. The van der Waals surface area contributed by atoms with Gasteiger partial charge in [0.25, 0.3) is 0 Å². The second-order valence-electron chi connectivity index (χ2n) is 15.1. The second kappa shape index (κ2) is 37.8. The molecule has 0 aromatic rings. The first-order valence-electron chi connectivity index (χ1n) is 21.5. The van der Waals surface area contributed by atoms with Gasteiger partial charge in [0.2, 0.25) is 0 Å². The summed E-state index contributed by atoms with van der Waals surface area (Å²) in [5.41, 5.74) is 0. The Balaban J connectivity index is 4.40. The van der Waals surface area contributed by atoms with Crippen LogP contribution in [-0.2, 0) is 0 Å². The molecule has 268 valence electrons. The van der Waals surface area contributed by atoms with Crippen molar-refractivity contribution in [1.82, 2.24) is 5.09 Å². The number of hydrogen-bond acceptors (Lipinski definition) is 1. The van der Waals surface area contributed by atoms with Gasteiger partial charge in [-0.05, 0) is 0 Å². The first-order valence-corrected chi connectivity index (χ1v) is 24.1. The first kappa shape index (κ1) is 44.4. The van der Waals surface area contributed by atoms with Gasteiger partial charge >= 0.3 is 238 Å². The summed E-state index contributed by atoms with van der Waals surface area (Å²) < 4.78 is 0. The topological polar surface area (TPSA) is 12.0 Å². The van der Waals surface area contributed by atoms with Crippen molar-refractivity contribution in [2.24, 2.45) is 0 Å². The van der Waals surface area contributed by atoms with Gasteiger partial charge in [-0.15, -0.1) is 0 Å². The molecule has 0 spiro atoms. The SMILES string of the molecule is CCCCCCCCCCCCCCCCCCN[PH](CCCCCCCC)(CCCCCCCC)CCCCCCCC. The Bertz CT molecular complexity index is 465. The fourth-order valence-electron chi connectivity index (χ4n) is 7.40. The maximum absolute atomic E-state index is 4.43. The van der Waals surface area contributed by atoms with E-state index in [1.54, 1.807) is 18.5 Å². The van der Waals surface area contributed by atoms with Crippen LogP contribution in [0, 0.1) is 0 Å². The Labute approximate surface area is 282 Å². The molecule has 0 aromatic heterocycles. The molecule has 0 rings (SSSR count). The summed E-state index contributed by atoms with van der Waals surface area (Å²) in [5, 5.41) is 4.43. The van der Waals surface area contributed by atoms with Crippen molar-refractivity contribution in [3.05, 3.63) is 0 Å². The molecular weight excluding hydrogens is 549 g/mol. The van der Waals surface area contributed by atoms with E-state index in [0.717, 1.165) is 0 Å². The van der Waals surface area contributed by atoms with Crippen LogP contribution in [0.15, 0.2) is 0 Å². The molecule has 0 aliphatic heterocycles. The van der Waals surface area contributed by atoms with Crippen molar-refractivity contribution < 1.29 is 0 Å². The Kier molecular flexibility index (Phi) is 38.2. The van der Waals surface area contributed by atoms with Gasteiger partial charge in [-0.25, -0.2) is 0 Å². The molecule has 1 nitrogen and oxygen atoms in total. The average Bonchev–Trinajstić information content (AvgIpc) is 3.03. The molecule has 44 heavy (non-hydrogen) atoms. The fourth-order valence-corrected chi connectivity index (χ4v) is 12.2. The number of nitrogens with one attached hydrogen (secondary N) is 1. The fraction of sp³-hybridized carbons (Fsp3) is 1.00. The van der Waals surface area contributed by atoms with E-state index < -0.39 is 7.41 Å². The van der Waals surface area contributed by atoms with Crippen LogP contribution in [0.25, 0.3) is 0 Å². The Morgan fingerprint density at radius 3 is 0.705 bits per heavy atom. The number of rotatable bonds is 39. The van der Waals surface area contributed by atoms with E-state index in [4.69, 9.17) is 0 Å². The zero-order valence-corrected chi connectivity index (χ0v) is 32.9. The van der Waals surface area contributed by atoms with Crippen LogP contribution < -0.4 is 5.09 Å². The van der Waals surface area contributed by atoms with E-state index in [0.29, 0.717) is 0 Å². The normalized spacial score (nSPS) is 12.4. The van der Waals surface area contributed by atoms with Crippen LogP contribution >= 0.6 is 7.41 Å². The van der Waals surface area contributed by atoms with Crippen LogP contribution in [0.3, 0.4) is 0 Å². The van der Waals surface area contributed by atoms with Gasteiger partial charge in [0.15, 0.2) is 0 Å². The third-order valence-electron chi connectivity index (χ3n) is 10.6. The molecule has 0 aliphatic rings. The van der Waals surface area contributed by atoms with E-state index in [1.807, 2.05) is 0 Å². The molecule has 1 N–H and O–H groups in total. The molecule has 0 saturated carbocycles. The summed E-state index contributed by atoms with van der Waals surface area (Å²) in [6.07, 6.45) is 54.4. The summed E-state index contributed by atoms with van der Waals surface area (Å²) >= 11 is 0. The molecule has 0 aliphatic carbocycles. The summed E-state index contributed by atoms with van der Waals surface area (Å²) in [6, 6.07) is 0. The van der Waals surface area contributed by atoms with Crippen LogP contribution in [-0.4, -0.2) is 25.0 Å². The van der Waals surface area contributed by atoms with Gasteiger partial charge in [-0.3, -0.25) is 0 Å². The van der Waals surface area contributed by atoms with E-state index in [1.165, 1.54) is 225 Å². The van der Waals surface area contributed by atoms with E-state index in [2.05, 4.69) is 32.8 Å². The quantitative estimate of drug-likeness (QED) is 0.0521. The predicted molar refractivity (Wildman–Crippen MR) is 211 cm³/mol. The van der Waals surface area contributed by atoms with E-state index in [9.17, 15) is 0 Å². The molecule has 0 heterocycles. The van der Waals surface area contributed by atoms with Crippen LogP contribution in [0.1, 0.15) is 246 Å². The van der Waals surface area contributed by atoms with Crippen LogP contribution in [0.2, 0.25) is 0 Å². The molecule has 2 heteroatoms. The van der Waals surface area contributed by atoms with Gasteiger partial charge in [0, 0.05) is 0 Å². The van der Waals surface area contributed by atoms with Gasteiger partial charge in [-0.2, -0.15) is 0 Å². The summed E-state index contributed by atoms with van der Waals surface area (Å²) in [4.78, 5) is 0. The van der Waals surface area contributed by atoms with Crippen molar-refractivity contribution >= 4 is 7.41 Å². The number of unbranched alkanes of at least 4 members (excludes halogenated alkanes) is 30. The molecule has 0 fully saturated rings. The third-order valence-corrected chi connectivity index (χ3v) is 15.5. The summed E-state index contributed by atoms with van der Waals surface area (Å²) in [7, 11) is -1.36. The van der Waals surface area contributed by atoms with Crippen LogP contribution in [0.5, 0.6) is 0 Å². The molecule has 0 amide bonds. The maximum atomic E-state index is 4.43. The van der Waals surface area contributed by atoms with Crippen molar-refractivity contribution in [2.75, 3.05) is 25.0 Å². The van der Waals surface area contributed by atoms with E-state index in [-0.39, 0.29) is 0 Å². The monoisotopic (exact) mass is 640 g/mol. The van der Waals surface area contributed by atoms with Crippen molar-refractivity contribution in [3.8, 4) is 0 Å². The zero-order chi connectivity index (χ0) is 32.1. The number of hydrogen-bond donors (Lipinski definition) is 1. The van der Waals surface area contributed by atoms with Gasteiger partial charge < -0.3 is 0 Å². The average molecular weight is 640 g/mol. The third kappa shape index (κ3) is 32.3. The predicted octanol–water partition coefficient (Wildman–Crippen LogP) is 15.6. The Morgan fingerprint density at radius 2 is 0.455 bits per heavy atom. The Hall–Kier alpha value is 0.390. The standard InChI is InChI=1S/C42H90NP/c1-5-9-13-17-21-22-23-24-25-26-27-28-29-30-31-35-39-43-44(40-36-32-18-14-10-6-2,41-37-33-19-15-11-7-3)42-38-34-20-16-12-8-4/h43-44H,5-42H2,1-4H3. The molecule has 0 unspecified atom stereocenters. The van der Waals surface area contributed by atoms with Crippen molar-refractivity contribution in [1.29, 1.82) is 0 Å². The van der Waals surface area contributed by atoms with Crippen LogP contribution in [0.4, 0.5) is 0 Å². The molecule has 0 atom stereocenters. The van der Waals surface area contributed by atoms with Gasteiger partial charge in [0.05, 0.1) is 0 Å². The van der Waals surface area contributed by atoms with E-state index >= 15 is 0 Å². The molecule has 0 aromatic carbocycles. The second-order valence-corrected chi connectivity index (χ2v) is 19.5. The minimum atomic E-state index is -1.36.